The number of rotatable bonds is 9. The van der Waals surface area contributed by atoms with Crippen LogP contribution in [0.3, 0.4) is 0 Å². The quantitative estimate of drug-likeness (QED) is 0.622. The SMILES string of the molecule is CCOc1ccccc1C(=O)NCC(=O)NCCC(=O)N1CCN(c2ccccc2)CC1. The lowest BCUT2D eigenvalue weighted by molar-refractivity contribution is -0.131. The average Bonchev–Trinajstić information content (AvgIpc) is 2.83. The van der Waals surface area contributed by atoms with Gasteiger partial charge in [0.15, 0.2) is 0 Å². The topological polar surface area (TPSA) is 91.0 Å². The largest absolute Gasteiger partial charge is 0.493 e. The molecular formula is C24H30N4O4. The van der Waals surface area contributed by atoms with Gasteiger partial charge in [0, 0.05) is 44.8 Å². The third kappa shape index (κ3) is 6.47. The third-order valence-corrected chi connectivity index (χ3v) is 5.26. The highest BCUT2D eigenvalue weighted by Gasteiger charge is 2.21. The van der Waals surface area contributed by atoms with E-state index in [0.717, 1.165) is 18.8 Å². The number of para-hydroxylation sites is 2. The van der Waals surface area contributed by atoms with E-state index in [2.05, 4.69) is 27.7 Å². The van der Waals surface area contributed by atoms with Crippen LogP contribution in [0.15, 0.2) is 54.6 Å². The maximum atomic E-state index is 12.4. The Labute approximate surface area is 188 Å². The first kappa shape index (κ1) is 23.1. The van der Waals surface area contributed by atoms with E-state index in [4.69, 9.17) is 4.74 Å². The van der Waals surface area contributed by atoms with Crippen LogP contribution in [0, 0.1) is 0 Å². The van der Waals surface area contributed by atoms with Crippen LogP contribution in [0.4, 0.5) is 5.69 Å². The van der Waals surface area contributed by atoms with Crippen LogP contribution >= 0.6 is 0 Å². The molecule has 3 amide bonds. The number of carbonyl (C=O) groups excluding carboxylic acids is 3. The molecule has 2 N–H and O–H groups in total. The molecule has 2 aromatic rings. The molecule has 8 heteroatoms. The minimum Gasteiger partial charge on any atom is -0.493 e. The summed E-state index contributed by atoms with van der Waals surface area (Å²) in [4.78, 5) is 40.9. The predicted molar refractivity (Wildman–Crippen MR) is 123 cm³/mol. The zero-order valence-electron chi connectivity index (χ0n) is 18.4. The molecule has 0 atom stereocenters. The number of benzene rings is 2. The number of hydrogen-bond acceptors (Lipinski definition) is 5. The standard InChI is InChI=1S/C24H30N4O4/c1-2-32-21-11-7-6-10-20(21)24(31)26-18-22(29)25-13-12-23(30)28-16-14-27(15-17-28)19-8-4-3-5-9-19/h3-11H,2,12-18H2,1H3,(H,25,29)(H,26,31). The molecule has 32 heavy (non-hydrogen) atoms. The van der Waals surface area contributed by atoms with Crippen LogP contribution in [-0.4, -0.2) is 68.5 Å². The summed E-state index contributed by atoms with van der Waals surface area (Å²) in [6, 6.07) is 17.0. The van der Waals surface area contributed by atoms with Crippen LogP contribution in [0.5, 0.6) is 5.75 Å². The predicted octanol–water partition coefficient (Wildman–Crippen LogP) is 1.67. The van der Waals surface area contributed by atoms with Gasteiger partial charge in [-0.1, -0.05) is 30.3 Å². The molecule has 1 aliphatic heterocycles. The second kappa shape index (κ2) is 11.7. The fourth-order valence-corrected chi connectivity index (χ4v) is 3.57. The first-order valence-corrected chi connectivity index (χ1v) is 10.9. The van der Waals surface area contributed by atoms with Gasteiger partial charge in [-0.3, -0.25) is 14.4 Å². The van der Waals surface area contributed by atoms with E-state index >= 15 is 0 Å². The van der Waals surface area contributed by atoms with Crippen molar-refractivity contribution < 1.29 is 19.1 Å². The van der Waals surface area contributed by atoms with Crippen molar-refractivity contribution in [3.63, 3.8) is 0 Å². The second-order valence-corrected chi connectivity index (χ2v) is 7.42. The summed E-state index contributed by atoms with van der Waals surface area (Å²) in [5.41, 5.74) is 1.55. The highest BCUT2D eigenvalue weighted by atomic mass is 16.5. The second-order valence-electron chi connectivity index (χ2n) is 7.42. The van der Waals surface area contributed by atoms with Crippen molar-refractivity contribution >= 4 is 23.4 Å². The van der Waals surface area contributed by atoms with Gasteiger partial charge in [0.05, 0.1) is 18.7 Å². The van der Waals surface area contributed by atoms with E-state index < -0.39 is 0 Å². The van der Waals surface area contributed by atoms with E-state index in [1.807, 2.05) is 30.0 Å². The van der Waals surface area contributed by atoms with Gasteiger partial charge in [-0.05, 0) is 31.2 Å². The van der Waals surface area contributed by atoms with Gasteiger partial charge in [0.1, 0.15) is 5.75 Å². The van der Waals surface area contributed by atoms with Gasteiger partial charge in [-0.15, -0.1) is 0 Å². The number of amides is 3. The summed E-state index contributed by atoms with van der Waals surface area (Å²) in [7, 11) is 0. The molecule has 1 fully saturated rings. The van der Waals surface area contributed by atoms with E-state index in [1.54, 1.807) is 24.3 Å². The Morgan fingerprint density at radius 2 is 1.59 bits per heavy atom. The molecule has 3 rings (SSSR count). The van der Waals surface area contributed by atoms with Crippen LogP contribution in [0.1, 0.15) is 23.7 Å². The van der Waals surface area contributed by atoms with Crippen molar-refractivity contribution in [1.29, 1.82) is 0 Å². The number of ether oxygens (including phenoxy) is 1. The van der Waals surface area contributed by atoms with Gasteiger partial charge in [-0.2, -0.15) is 0 Å². The number of piperazine rings is 1. The van der Waals surface area contributed by atoms with Gasteiger partial charge >= 0.3 is 0 Å². The van der Waals surface area contributed by atoms with Gasteiger partial charge in [0.2, 0.25) is 11.8 Å². The molecule has 0 unspecified atom stereocenters. The van der Waals surface area contributed by atoms with Crippen LogP contribution < -0.4 is 20.3 Å². The van der Waals surface area contributed by atoms with Crippen molar-refractivity contribution in [3.05, 3.63) is 60.2 Å². The molecule has 0 spiro atoms. The van der Waals surface area contributed by atoms with Crippen LogP contribution in [0.25, 0.3) is 0 Å². The highest BCUT2D eigenvalue weighted by Crippen LogP contribution is 2.17. The first-order chi connectivity index (χ1) is 15.6. The fourth-order valence-electron chi connectivity index (χ4n) is 3.57. The summed E-state index contributed by atoms with van der Waals surface area (Å²) in [6.07, 6.45) is 0.234. The molecule has 2 aromatic carbocycles. The maximum absolute atomic E-state index is 12.4. The summed E-state index contributed by atoms with van der Waals surface area (Å²) in [5, 5.41) is 5.28. The molecular weight excluding hydrogens is 408 g/mol. The smallest absolute Gasteiger partial charge is 0.255 e. The van der Waals surface area contributed by atoms with Gasteiger partial charge in [-0.25, -0.2) is 0 Å². The Hall–Kier alpha value is -3.55. The molecule has 0 bridgehead atoms. The number of nitrogens with one attached hydrogen (secondary N) is 2. The molecule has 170 valence electrons. The lowest BCUT2D eigenvalue weighted by Gasteiger charge is -2.36. The molecule has 0 aromatic heterocycles. The van der Waals surface area contributed by atoms with Gasteiger partial charge < -0.3 is 25.2 Å². The Bertz CT molecular complexity index is 911. The van der Waals surface area contributed by atoms with Crippen molar-refractivity contribution in [2.24, 2.45) is 0 Å². The monoisotopic (exact) mass is 438 g/mol. The van der Waals surface area contributed by atoms with E-state index in [1.165, 1.54) is 0 Å². The van der Waals surface area contributed by atoms with Crippen LogP contribution in [-0.2, 0) is 9.59 Å². The fraction of sp³-hybridized carbons (Fsp3) is 0.375. The third-order valence-electron chi connectivity index (χ3n) is 5.26. The van der Waals surface area contributed by atoms with E-state index in [0.29, 0.717) is 31.0 Å². The van der Waals surface area contributed by atoms with Crippen molar-refractivity contribution in [1.82, 2.24) is 15.5 Å². The first-order valence-electron chi connectivity index (χ1n) is 10.9. The van der Waals surface area contributed by atoms with E-state index in [-0.39, 0.29) is 37.2 Å². The lowest BCUT2D eigenvalue weighted by Crippen LogP contribution is -2.49. The number of carbonyl (C=O) groups is 3. The Morgan fingerprint density at radius 1 is 0.906 bits per heavy atom. The molecule has 1 heterocycles. The zero-order valence-corrected chi connectivity index (χ0v) is 18.4. The average molecular weight is 439 g/mol. The van der Waals surface area contributed by atoms with E-state index in [9.17, 15) is 14.4 Å². The number of hydrogen-bond donors (Lipinski definition) is 2. The molecule has 0 radical (unpaired) electrons. The zero-order chi connectivity index (χ0) is 22.8. The summed E-state index contributed by atoms with van der Waals surface area (Å²) >= 11 is 0. The number of nitrogens with zero attached hydrogens (tertiary/aromatic N) is 2. The molecule has 8 nitrogen and oxygen atoms in total. The number of anilines is 1. The van der Waals surface area contributed by atoms with Crippen LogP contribution in [0.2, 0.25) is 0 Å². The molecule has 1 saturated heterocycles. The minimum atomic E-state index is -0.378. The summed E-state index contributed by atoms with van der Waals surface area (Å²) in [6.45, 7) is 5.26. The van der Waals surface area contributed by atoms with Gasteiger partial charge in [0.25, 0.3) is 5.91 Å². The van der Waals surface area contributed by atoms with Crippen molar-refractivity contribution in [2.75, 3.05) is 50.8 Å². The molecule has 1 aliphatic rings. The minimum absolute atomic E-state index is 0.0210. The van der Waals surface area contributed by atoms with Crippen molar-refractivity contribution in [2.45, 2.75) is 13.3 Å². The molecule has 0 aliphatic carbocycles. The summed E-state index contributed by atoms with van der Waals surface area (Å²) < 4.78 is 5.44. The maximum Gasteiger partial charge on any atom is 0.255 e. The normalized spacial score (nSPS) is 13.4. The lowest BCUT2D eigenvalue weighted by atomic mass is 10.2. The summed E-state index contributed by atoms with van der Waals surface area (Å²) in [5.74, 6) is -0.218. The Balaban J connectivity index is 1.34. The molecule has 0 saturated carbocycles. The van der Waals surface area contributed by atoms with Crippen molar-refractivity contribution in [3.8, 4) is 5.75 Å². The Morgan fingerprint density at radius 3 is 2.31 bits per heavy atom. The highest BCUT2D eigenvalue weighted by molar-refractivity contribution is 5.98. The Kier molecular flexibility index (Phi) is 8.48.